The van der Waals surface area contributed by atoms with Crippen LogP contribution in [0.15, 0.2) is 48.5 Å². The molecule has 2 aromatic rings. The number of rotatable bonds is 3. The Morgan fingerprint density at radius 2 is 1.72 bits per heavy atom. The van der Waals surface area contributed by atoms with Crippen molar-refractivity contribution in [2.45, 2.75) is 20.0 Å². The van der Waals surface area contributed by atoms with E-state index >= 15 is 0 Å². The number of hydrogen-bond acceptors (Lipinski definition) is 2. The molecule has 1 unspecified atom stereocenters. The van der Waals surface area contributed by atoms with E-state index < -0.39 is 6.10 Å². The van der Waals surface area contributed by atoms with Crippen molar-refractivity contribution >= 4 is 0 Å². The first-order valence-corrected chi connectivity index (χ1v) is 5.88. The van der Waals surface area contributed by atoms with Crippen molar-refractivity contribution in [1.29, 1.82) is 5.26 Å². The molecule has 0 N–H and O–H groups in total. The van der Waals surface area contributed by atoms with Crippen molar-refractivity contribution in [3.8, 4) is 11.8 Å². The lowest BCUT2D eigenvalue weighted by Crippen LogP contribution is -2.05. The number of aryl methyl sites for hydroxylation is 2. The second-order valence-electron chi connectivity index (χ2n) is 4.35. The van der Waals surface area contributed by atoms with Gasteiger partial charge in [-0.25, -0.2) is 0 Å². The highest BCUT2D eigenvalue weighted by molar-refractivity contribution is 5.31. The van der Waals surface area contributed by atoms with Crippen LogP contribution in [0.4, 0.5) is 0 Å². The van der Waals surface area contributed by atoms with E-state index in [2.05, 4.69) is 6.07 Å². The van der Waals surface area contributed by atoms with Crippen molar-refractivity contribution in [3.05, 3.63) is 65.2 Å². The summed E-state index contributed by atoms with van der Waals surface area (Å²) in [4.78, 5) is 0. The molecule has 0 radical (unpaired) electrons. The molecule has 2 rings (SSSR count). The van der Waals surface area contributed by atoms with Gasteiger partial charge in [0.15, 0.2) is 0 Å². The number of nitriles is 1. The smallest absolute Gasteiger partial charge is 0.209 e. The fraction of sp³-hybridized carbons (Fsp3) is 0.188. The molecule has 0 spiro atoms. The van der Waals surface area contributed by atoms with Gasteiger partial charge in [-0.15, -0.1) is 0 Å². The Morgan fingerprint density at radius 1 is 1.00 bits per heavy atom. The lowest BCUT2D eigenvalue weighted by molar-refractivity contribution is 0.262. The molecule has 0 saturated heterocycles. The molecule has 0 fully saturated rings. The Morgan fingerprint density at radius 3 is 2.33 bits per heavy atom. The summed E-state index contributed by atoms with van der Waals surface area (Å²) in [5.74, 6) is 0.716. The number of hydrogen-bond donors (Lipinski definition) is 0. The Balaban J connectivity index is 2.20. The van der Waals surface area contributed by atoms with E-state index in [0.29, 0.717) is 5.75 Å². The fourth-order valence-electron chi connectivity index (χ4n) is 1.76. The molecule has 0 heterocycles. The summed E-state index contributed by atoms with van der Waals surface area (Å²) in [5.41, 5.74) is 3.18. The van der Waals surface area contributed by atoms with Gasteiger partial charge in [0.05, 0.1) is 0 Å². The van der Waals surface area contributed by atoms with Crippen molar-refractivity contribution in [2.75, 3.05) is 0 Å². The van der Waals surface area contributed by atoms with E-state index in [1.165, 1.54) is 5.56 Å². The van der Waals surface area contributed by atoms with Crippen LogP contribution < -0.4 is 4.74 Å². The van der Waals surface area contributed by atoms with Gasteiger partial charge in [0, 0.05) is 5.56 Å². The van der Waals surface area contributed by atoms with Crippen LogP contribution in [0.1, 0.15) is 22.8 Å². The fourth-order valence-corrected chi connectivity index (χ4v) is 1.76. The highest BCUT2D eigenvalue weighted by Gasteiger charge is 2.12. The molecule has 1 atom stereocenters. The Labute approximate surface area is 107 Å². The summed E-state index contributed by atoms with van der Waals surface area (Å²) in [7, 11) is 0. The van der Waals surface area contributed by atoms with Gasteiger partial charge in [-0.3, -0.25) is 0 Å². The van der Waals surface area contributed by atoms with E-state index in [4.69, 9.17) is 4.74 Å². The molecule has 0 amide bonds. The third-order valence-corrected chi connectivity index (χ3v) is 2.74. The van der Waals surface area contributed by atoms with Crippen LogP contribution in [0.3, 0.4) is 0 Å². The molecule has 2 aromatic carbocycles. The molecule has 0 saturated carbocycles. The van der Waals surface area contributed by atoms with Gasteiger partial charge < -0.3 is 4.74 Å². The first kappa shape index (κ1) is 12.2. The molecule has 0 bridgehead atoms. The molecule has 18 heavy (non-hydrogen) atoms. The second kappa shape index (κ2) is 5.37. The summed E-state index contributed by atoms with van der Waals surface area (Å²) in [5, 5.41) is 9.21. The quantitative estimate of drug-likeness (QED) is 0.809. The largest absolute Gasteiger partial charge is 0.471 e. The summed E-state index contributed by atoms with van der Waals surface area (Å²) in [6.07, 6.45) is -0.562. The number of nitrogens with zero attached hydrogens (tertiary/aromatic N) is 1. The summed E-state index contributed by atoms with van der Waals surface area (Å²) < 4.78 is 5.70. The maximum absolute atomic E-state index is 9.21. The second-order valence-corrected chi connectivity index (χ2v) is 4.35. The topological polar surface area (TPSA) is 33.0 Å². The van der Waals surface area contributed by atoms with Crippen LogP contribution in [-0.4, -0.2) is 0 Å². The van der Waals surface area contributed by atoms with Crippen LogP contribution >= 0.6 is 0 Å². The van der Waals surface area contributed by atoms with Crippen molar-refractivity contribution in [1.82, 2.24) is 0 Å². The first-order chi connectivity index (χ1) is 8.69. The summed E-state index contributed by atoms with van der Waals surface area (Å²) >= 11 is 0. The molecule has 0 aliphatic rings. The van der Waals surface area contributed by atoms with Crippen LogP contribution in [0, 0.1) is 25.2 Å². The average molecular weight is 237 g/mol. The van der Waals surface area contributed by atoms with Crippen LogP contribution in [-0.2, 0) is 0 Å². The van der Waals surface area contributed by atoms with Crippen molar-refractivity contribution in [2.24, 2.45) is 0 Å². The normalized spacial score (nSPS) is 11.6. The molecule has 0 aliphatic heterocycles. The number of benzene rings is 2. The maximum atomic E-state index is 9.21. The highest BCUT2D eigenvalue weighted by Crippen LogP contribution is 2.22. The minimum atomic E-state index is -0.562. The highest BCUT2D eigenvalue weighted by atomic mass is 16.5. The summed E-state index contributed by atoms with van der Waals surface area (Å²) in [6, 6.07) is 17.7. The molecule has 2 nitrogen and oxygen atoms in total. The standard InChI is InChI=1S/C16H15NO/c1-12-6-8-15(9-7-12)18-16(11-17)14-5-3-4-13(2)10-14/h3-10,16H,1-2H3. The van der Waals surface area contributed by atoms with Crippen molar-refractivity contribution < 1.29 is 4.74 Å². The molecular weight excluding hydrogens is 222 g/mol. The minimum absolute atomic E-state index is 0.562. The molecule has 0 aliphatic carbocycles. The lowest BCUT2D eigenvalue weighted by atomic mass is 10.1. The predicted octanol–water partition coefficient (Wildman–Crippen LogP) is 3.95. The van der Waals surface area contributed by atoms with Gasteiger partial charge in [0.25, 0.3) is 0 Å². The van der Waals surface area contributed by atoms with Gasteiger partial charge in [-0.1, -0.05) is 47.5 Å². The lowest BCUT2D eigenvalue weighted by Gasteiger charge is -2.13. The molecular formula is C16H15NO. The van der Waals surface area contributed by atoms with Gasteiger partial charge in [0.2, 0.25) is 6.10 Å². The zero-order chi connectivity index (χ0) is 13.0. The molecule has 90 valence electrons. The number of ether oxygens (including phenoxy) is 1. The zero-order valence-corrected chi connectivity index (χ0v) is 10.6. The van der Waals surface area contributed by atoms with Crippen molar-refractivity contribution in [3.63, 3.8) is 0 Å². The van der Waals surface area contributed by atoms with Crippen LogP contribution in [0.5, 0.6) is 5.75 Å². The van der Waals surface area contributed by atoms with Gasteiger partial charge >= 0.3 is 0 Å². The third kappa shape index (κ3) is 2.89. The Kier molecular flexibility index (Phi) is 3.64. The van der Waals surface area contributed by atoms with Crippen LogP contribution in [0.25, 0.3) is 0 Å². The van der Waals surface area contributed by atoms with E-state index in [9.17, 15) is 5.26 Å². The van der Waals surface area contributed by atoms with E-state index in [1.807, 2.05) is 62.4 Å². The maximum Gasteiger partial charge on any atom is 0.209 e. The van der Waals surface area contributed by atoms with E-state index in [1.54, 1.807) is 0 Å². The SMILES string of the molecule is Cc1ccc(OC(C#N)c2cccc(C)c2)cc1. The van der Waals surface area contributed by atoms with Gasteiger partial charge in [0.1, 0.15) is 11.8 Å². The van der Waals surface area contributed by atoms with Gasteiger partial charge in [-0.2, -0.15) is 5.26 Å². The molecule has 2 heteroatoms. The predicted molar refractivity (Wildman–Crippen MR) is 71.3 cm³/mol. The molecule has 0 aromatic heterocycles. The average Bonchev–Trinajstić information content (AvgIpc) is 2.38. The monoisotopic (exact) mass is 237 g/mol. The van der Waals surface area contributed by atoms with E-state index in [-0.39, 0.29) is 0 Å². The third-order valence-electron chi connectivity index (χ3n) is 2.74. The summed E-state index contributed by atoms with van der Waals surface area (Å²) in [6.45, 7) is 4.02. The Bertz CT molecular complexity index is 566. The van der Waals surface area contributed by atoms with E-state index in [0.717, 1.165) is 11.1 Å². The van der Waals surface area contributed by atoms with Gasteiger partial charge in [-0.05, 0) is 26.0 Å². The first-order valence-electron chi connectivity index (χ1n) is 5.88. The van der Waals surface area contributed by atoms with Crippen LogP contribution in [0.2, 0.25) is 0 Å². The Hall–Kier alpha value is -2.27. The minimum Gasteiger partial charge on any atom is -0.471 e. The zero-order valence-electron chi connectivity index (χ0n) is 10.6.